The second-order valence-corrected chi connectivity index (χ2v) is 4.96. The fourth-order valence-electron chi connectivity index (χ4n) is 2.25. The summed E-state index contributed by atoms with van der Waals surface area (Å²) in [7, 11) is 0. The van der Waals surface area contributed by atoms with Crippen molar-refractivity contribution in [3.63, 3.8) is 0 Å². The van der Waals surface area contributed by atoms with E-state index in [1.54, 1.807) is 0 Å². The molecule has 1 atom stereocenters. The largest absolute Gasteiger partial charge is 0.491 e. The molecule has 0 spiro atoms. The summed E-state index contributed by atoms with van der Waals surface area (Å²) < 4.78 is 16.4. The van der Waals surface area contributed by atoms with E-state index in [1.807, 2.05) is 19.1 Å². The summed E-state index contributed by atoms with van der Waals surface area (Å²) in [5.41, 5.74) is 1.26. The summed E-state index contributed by atoms with van der Waals surface area (Å²) in [6, 6.07) is 8.21. The van der Waals surface area contributed by atoms with Crippen molar-refractivity contribution in [2.75, 3.05) is 33.0 Å². The van der Waals surface area contributed by atoms with Crippen molar-refractivity contribution in [1.82, 2.24) is 5.32 Å². The maximum absolute atomic E-state index is 5.58. The molecule has 1 aromatic carbocycles. The summed E-state index contributed by atoms with van der Waals surface area (Å²) in [5, 5.41) is 3.44. The van der Waals surface area contributed by atoms with E-state index in [-0.39, 0.29) is 0 Å². The van der Waals surface area contributed by atoms with Crippen LogP contribution in [-0.4, -0.2) is 39.1 Å². The van der Waals surface area contributed by atoms with Gasteiger partial charge in [0, 0.05) is 26.3 Å². The molecule has 0 aliphatic carbocycles. The van der Waals surface area contributed by atoms with Gasteiger partial charge in [-0.2, -0.15) is 0 Å². The van der Waals surface area contributed by atoms with Crippen LogP contribution in [0.25, 0.3) is 0 Å². The third-order valence-electron chi connectivity index (χ3n) is 3.35. The van der Waals surface area contributed by atoms with Gasteiger partial charge in [-0.05, 0) is 37.5 Å². The molecular weight excluding hydrogens is 254 g/mol. The fraction of sp³-hybridized carbons (Fsp3) is 0.625. The zero-order chi connectivity index (χ0) is 14.0. The van der Waals surface area contributed by atoms with Crippen LogP contribution >= 0.6 is 0 Å². The molecule has 0 amide bonds. The monoisotopic (exact) mass is 279 g/mol. The van der Waals surface area contributed by atoms with Crippen molar-refractivity contribution in [3.05, 3.63) is 29.8 Å². The number of hydrogen-bond donors (Lipinski definition) is 1. The van der Waals surface area contributed by atoms with E-state index in [0.717, 1.165) is 32.1 Å². The Bertz CT molecular complexity index is 360. The van der Waals surface area contributed by atoms with Gasteiger partial charge in [0.15, 0.2) is 0 Å². The van der Waals surface area contributed by atoms with Crippen LogP contribution in [0.4, 0.5) is 0 Å². The first-order chi connectivity index (χ1) is 9.88. The minimum Gasteiger partial charge on any atom is -0.491 e. The lowest BCUT2D eigenvalue weighted by Crippen LogP contribution is -2.25. The van der Waals surface area contributed by atoms with Gasteiger partial charge in [0.2, 0.25) is 0 Å². The third-order valence-corrected chi connectivity index (χ3v) is 3.35. The average Bonchev–Trinajstić information content (AvgIpc) is 2.98. The predicted octanol–water partition coefficient (Wildman–Crippen LogP) is 2.37. The first kappa shape index (κ1) is 15.3. The highest BCUT2D eigenvalue weighted by atomic mass is 16.5. The smallest absolute Gasteiger partial charge is 0.119 e. The Labute approximate surface area is 121 Å². The molecular formula is C16H25NO3. The molecule has 1 aromatic rings. The maximum atomic E-state index is 5.58. The molecule has 2 rings (SSSR count). The summed E-state index contributed by atoms with van der Waals surface area (Å²) >= 11 is 0. The highest BCUT2D eigenvalue weighted by Crippen LogP contribution is 2.13. The Morgan fingerprint density at radius 2 is 2.10 bits per heavy atom. The molecule has 1 saturated heterocycles. The van der Waals surface area contributed by atoms with Gasteiger partial charge in [-0.25, -0.2) is 0 Å². The topological polar surface area (TPSA) is 39.7 Å². The summed E-state index contributed by atoms with van der Waals surface area (Å²) in [5.74, 6) is 0.896. The van der Waals surface area contributed by atoms with Gasteiger partial charge < -0.3 is 19.5 Å². The molecule has 1 unspecified atom stereocenters. The average molecular weight is 279 g/mol. The van der Waals surface area contributed by atoms with Crippen LogP contribution in [0.5, 0.6) is 5.75 Å². The van der Waals surface area contributed by atoms with E-state index in [1.165, 1.54) is 18.4 Å². The van der Waals surface area contributed by atoms with Crippen LogP contribution in [0.2, 0.25) is 0 Å². The maximum Gasteiger partial charge on any atom is 0.119 e. The molecule has 1 aliphatic heterocycles. The van der Waals surface area contributed by atoms with Crippen LogP contribution in [0.15, 0.2) is 24.3 Å². The molecule has 1 heterocycles. The number of benzene rings is 1. The Kier molecular flexibility index (Phi) is 6.84. The summed E-state index contributed by atoms with van der Waals surface area (Å²) in [4.78, 5) is 0. The Balaban J connectivity index is 1.63. The molecule has 0 saturated carbocycles. The lowest BCUT2D eigenvalue weighted by molar-refractivity contribution is 0.110. The van der Waals surface area contributed by atoms with Crippen molar-refractivity contribution < 1.29 is 14.2 Å². The van der Waals surface area contributed by atoms with Crippen LogP contribution < -0.4 is 10.1 Å². The highest BCUT2D eigenvalue weighted by Gasteiger charge is 2.14. The van der Waals surface area contributed by atoms with Gasteiger partial charge in [-0.1, -0.05) is 12.1 Å². The number of rotatable bonds is 9. The van der Waals surface area contributed by atoms with Crippen LogP contribution in [-0.2, 0) is 16.0 Å². The molecule has 112 valence electrons. The van der Waals surface area contributed by atoms with E-state index >= 15 is 0 Å². The number of ether oxygens (including phenoxy) is 3. The first-order valence-corrected chi connectivity index (χ1v) is 7.50. The molecule has 1 aliphatic rings. The second-order valence-electron chi connectivity index (χ2n) is 4.96. The van der Waals surface area contributed by atoms with Crippen LogP contribution in [0.3, 0.4) is 0 Å². The van der Waals surface area contributed by atoms with Gasteiger partial charge in [-0.3, -0.25) is 0 Å². The molecule has 20 heavy (non-hydrogen) atoms. The van der Waals surface area contributed by atoms with Gasteiger partial charge in [-0.15, -0.1) is 0 Å². The summed E-state index contributed by atoms with van der Waals surface area (Å²) in [6.07, 6.45) is 2.77. The van der Waals surface area contributed by atoms with E-state index < -0.39 is 0 Å². The zero-order valence-electron chi connectivity index (χ0n) is 12.3. The summed E-state index contributed by atoms with van der Waals surface area (Å²) in [6.45, 7) is 6.69. The van der Waals surface area contributed by atoms with Crippen LogP contribution in [0, 0.1) is 0 Å². The standard InChI is InChI=1S/C16H25NO3/c1-2-18-10-11-20-15-7-5-14(6-8-15)12-17-13-16-4-3-9-19-16/h5-8,16-17H,2-4,9-13H2,1H3. The molecule has 0 aromatic heterocycles. The molecule has 4 nitrogen and oxygen atoms in total. The molecule has 4 heteroatoms. The van der Waals surface area contributed by atoms with E-state index in [9.17, 15) is 0 Å². The van der Waals surface area contributed by atoms with Gasteiger partial charge >= 0.3 is 0 Å². The van der Waals surface area contributed by atoms with Crippen molar-refractivity contribution in [1.29, 1.82) is 0 Å². The third kappa shape index (κ3) is 5.49. The van der Waals surface area contributed by atoms with E-state index in [2.05, 4.69) is 17.4 Å². The number of hydrogen-bond acceptors (Lipinski definition) is 4. The van der Waals surface area contributed by atoms with Crippen molar-refractivity contribution in [3.8, 4) is 5.75 Å². The van der Waals surface area contributed by atoms with Gasteiger partial charge in [0.05, 0.1) is 12.7 Å². The minimum absolute atomic E-state index is 0.399. The van der Waals surface area contributed by atoms with Gasteiger partial charge in [0.25, 0.3) is 0 Å². The van der Waals surface area contributed by atoms with Crippen molar-refractivity contribution >= 4 is 0 Å². The lowest BCUT2D eigenvalue weighted by atomic mass is 10.2. The van der Waals surface area contributed by atoms with E-state index in [0.29, 0.717) is 19.3 Å². The molecule has 0 bridgehead atoms. The minimum atomic E-state index is 0.399. The predicted molar refractivity (Wildman–Crippen MR) is 79.1 cm³/mol. The van der Waals surface area contributed by atoms with E-state index in [4.69, 9.17) is 14.2 Å². The zero-order valence-corrected chi connectivity index (χ0v) is 12.3. The van der Waals surface area contributed by atoms with Crippen molar-refractivity contribution in [2.45, 2.75) is 32.4 Å². The second kappa shape index (κ2) is 8.95. The fourth-order valence-corrected chi connectivity index (χ4v) is 2.25. The Hall–Kier alpha value is -1.10. The Morgan fingerprint density at radius 3 is 2.80 bits per heavy atom. The lowest BCUT2D eigenvalue weighted by Gasteiger charge is -2.11. The van der Waals surface area contributed by atoms with Crippen molar-refractivity contribution in [2.24, 2.45) is 0 Å². The van der Waals surface area contributed by atoms with Gasteiger partial charge in [0.1, 0.15) is 12.4 Å². The number of nitrogens with one attached hydrogen (secondary N) is 1. The Morgan fingerprint density at radius 1 is 1.25 bits per heavy atom. The molecule has 1 fully saturated rings. The normalized spacial score (nSPS) is 18.4. The quantitative estimate of drug-likeness (QED) is 0.705. The van der Waals surface area contributed by atoms with Crippen LogP contribution in [0.1, 0.15) is 25.3 Å². The molecule has 0 radical (unpaired) electrons. The SMILES string of the molecule is CCOCCOc1ccc(CNCC2CCCO2)cc1. The highest BCUT2D eigenvalue weighted by molar-refractivity contribution is 5.27. The first-order valence-electron chi connectivity index (χ1n) is 7.50. The molecule has 1 N–H and O–H groups in total.